The summed E-state index contributed by atoms with van der Waals surface area (Å²) in [6.07, 6.45) is 0.0195. The summed E-state index contributed by atoms with van der Waals surface area (Å²) < 4.78 is 10.0. The smallest absolute Gasteiger partial charge is 0.336 e. The summed E-state index contributed by atoms with van der Waals surface area (Å²) in [4.78, 5) is 35.8. The molecular weight excluding hydrogens is 366 g/mol. The first kappa shape index (κ1) is 20.6. The number of carbonyl (C=O) groups excluding carboxylic acids is 2. The lowest BCUT2D eigenvalue weighted by molar-refractivity contribution is -0.384. The first-order valence-corrected chi connectivity index (χ1v) is 8.37. The van der Waals surface area contributed by atoms with Gasteiger partial charge in [0.25, 0.3) is 5.69 Å². The van der Waals surface area contributed by atoms with E-state index in [4.69, 9.17) is 14.7 Å². The number of non-ortho nitro benzene ring substituents is 1. The Morgan fingerprint density at radius 1 is 1.25 bits per heavy atom. The van der Waals surface area contributed by atoms with Gasteiger partial charge in [0.15, 0.2) is 0 Å². The van der Waals surface area contributed by atoms with Gasteiger partial charge in [-0.2, -0.15) is 5.26 Å². The fourth-order valence-corrected chi connectivity index (χ4v) is 3.06. The van der Waals surface area contributed by atoms with E-state index in [9.17, 15) is 19.7 Å². The fraction of sp³-hybridized carbons (Fsp3) is 0.316. The molecule has 0 unspecified atom stereocenters. The van der Waals surface area contributed by atoms with Gasteiger partial charge in [0.05, 0.1) is 41.6 Å². The van der Waals surface area contributed by atoms with Crippen LogP contribution in [-0.2, 0) is 19.1 Å². The van der Waals surface area contributed by atoms with Crippen LogP contribution in [0, 0.1) is 21.4 Å². The van der Waals surface area contributed by atoms with Gasteiger partial charge < -0.3 is 14.8 Å². The first-order valence-electron chi connectivity index (χ1n) is 8.37. The molecule has 0 saturated heterocycles. The third kappa shape index (κ3) is 4.17. The number of ether oxygens (including phenoxy) is 2. The van der Waals surface area contributed by atoms with Crippen molar-refractivity contribution in [3.8, 4) is 6.07 Å². The van der Waals surface area contributed by atoms with Crippen molar-refractivity contribution < 1.29 is 24.0 Å². The van der Waals surface area contributed by atoms with Crippen LogP contribution in [0.4, 0.5) is 5.69 Å². The molecule has 0 saturated carbocycles. The van der Waals surface area contributed by atoms with Gasteiger partial charge in [0.2, 0.25) is 0 Å². The number of nitrogens with one attached hydrogen (secondary N) is 1. The van der Waals surface area contributed by atoms with Gasteiger partial charge in [-0.25, -0.2) is 9.59 Å². The second-order valence-corrected chi connectivity index (χ2v) is 6.02. The maximum atomic E-state index is 12.7. The number of nitrogens with zero attached hydrogens (tertiary/aromatic N) is 2. The maximum Gasteiger partial charge on any atom is 0.336 e. The number of hydrogen-bond acceptors (Lipinski definition) is 8. The minimum Gasteiger partial charge on any atom is -0.466 e. The third-order valence-electron chi connectivity index (χ3n) is 4.25. The summed E-state index contributed by atoms with van der Waals surface area (Å²) in [5, 5.41) is 22.8. The molecular formula is C19H19N3O6. The Hall–Kier alpha value is -3.67. The van der Waals surface area contributed by atoms with Crippen molar-refractivity contribution in [3.05, 3.63) is 62.5 Å². The normalized spacial score (nSPS) is 16.1. The predicted octanol–water partition coefficient (Wildman–Crippen LogP) is 2.46. The van der Waals surface area contributed by atoms with E-state index in [1.807, 2.05) is 6.07 Å². The monoisotopic (exact) mass is 385 g/mol. The van der Waals surface area contributed by atoms with Gasteiger partial charge in [-0.05, 0) is 19.4 Å². The van der Waals surface area contributed by atoms with Gasteiger partial charge in [-0.3, -0.25) is 10.1 Å². The van der Waals surface area contributed by atoms with Crippen LogP contribution >= 0.6 is 0 Å². The van der Waals surface area contributed by atoms with Crippen LogP contribution in [-0.4, -0.2) is 30.6 Å². The SMILES string of the molecule is COC(=O)C1=C(C)NC(C)=C(C(=O)OCCC#N)[C@@H]1c1cccc([N+](=O)[O-])c1. The Kier molecular flexibility index (Phi) is 6.50. The Balaban J connectivity index is 2.61. The number of dihydropyridines is 1. The lowest BCUT2D eigenvalue weighted by Gasteiger charge is -2.30. The van der Waals surface area contributed by atoms with Crippen molar-refractivity contribution in [1.82, 2.24) is 5.32 Å². The summed E-state index contributed by atoms with van der Waals surface area (Å²) >= 11 is 0. The Morgan fingerprint density at radius 3 is 2.46 bits per heavy atom. The van der Waals surface area contributed by atoms with E-state index >= 15 is 0 Å². The largest absolute Gasteiger partial charge is 0.466 e. The Labute approximate surface area is 161 Å². The van der Waals surface area contributed by atoms with E-state index in [1.54, 1.807) is 19.9 Å². The second kappa shape index (κ2) is 8.81. The predicted molar refractivity (Wildman–Crippen MR) is 97.6 cm³/mol. The van der Waals surface area contributed by atoms with Gasteiger partial charge in [0.1, 0.15) is 6.61 Å². The molecule has 0 aromatic heterocycles. The molecule has 0 bridgehead atoms. The molecule has 1 aromatic carbocycles. The van der Waals surface area contributed by atoms with Crippen LogP contribution in [0.3, 0.4) is 0 Å². The van der Waals surface area contributed by atoms with Crippen molar-refractivity contribution in [1.29, 1.82) is 5.26 Å². The molecule has 1 aliphatic heterocycles. The minimum atomic E-state index is -0.914. The molecule has 1 heterocycles. The van der Waals surface area contributed by atoms with Gasteiger partial charge in [-0.1, -0.05) is 12.1 Å². The van der Waals surface area contributed by atoms with Crippen LogP contribution in [0.15, 0.2) is 46.8 Å². The topological polar surface area (TPSA) is 132 Å². The molecule has 0 amide bonds. The number of nitro benzene ring substituents is 1. The fourth-order valence-electron chi connectivity index (χ4n) is 3.06. The van der Waals surface area contributed by atoms with Crippen molar-refractivity contribution in [2.75, 3.05) is 13.7 Å². The highest BCUT2D eigenvalue weighted by molar-refractivity contribution is 5.99. The van der Waals surface area contributed by atoms with Crippen molar-refractivity contribution in [2.24, 2.45) is 0 Å². The van der Waals surface area contributed by atoms with E-state index in [1.165, 1.54) is 25.3 Å². The van der Waals surface area contributed by atoms with E-state index in [0.717, 1.165) is 0 Å². The standard InChI is InChI=1S/C19H19N3O6/c1-11-15(18(23)27-3)17(13-6-4-7-14(10-13)22(25)26)16(12(2)21-11)19(24)28-9-5-8-20/h4,6-7,10,17,21H,5,9H2,1-3H3/t17-/m1/s1. The zero-order valence-corrected chi connectivity index (χ0v) is 15.6. The molecule has 0 spiro atoms. The van der Waals surface area contributed by atoms with Gasteiger partial charge in [-0.15, -0.1) is 0 Å². The number of rotatable bonds is 6. The van der Waals surface area contributed by atoms with E-state index in [-0.39, 0.29) is 29.9 Å². The van der Waals surface area contributed by atoms with Crippen molar-refractivity contribution >= 4 is 17.6 Å². The van der Waals surface area contributed by atoms with Crippen LogP contribution in [0.1, 0.15) is 31.7 Å². The Morgan fingerprint density at radius 2 is 1.89 bits per heavy atom. The van der Waals surface area contributed by atoms with Gasteiger partial charge in [0, 0.05) is 23.5 Å². The number of allylic oxidation sites excluding steroid dienone is 2. The molecule has 1 aromatic rings. The van der Waals surface area contributed by atoms with Crippen LogP contribution < -0.4 is 5.32 Å². The molecule has 9 heteroatoms. The lowest BCUT2D eigenvalue weighted by Crippen LogP contribution is -2.32. The molecule has 0 fully saturated rings. The number of esters is 2. The molecule has 0 radical (unpaired) electrons. The summed E-state index contributed by atoms with van der Waals surface area (Å²) in [5.74, 6) is -2.30. The average molecular weight is 385 g/mol. The van der Waals surface area contributed by atoms with Crippen molar-refractivity contribution in [2.45, 2.75) is 26.2 Å². The highest BCUT2D eigenvalue weighted by Crippen LogP contribution is 2.40. The number of benzene rings is 1. The second-order valence-electron chi connectivity index (χ2n) is 6.02. The highest BCUT2D eigenvalue weighted by atomic mass is 16.6. The van der Waals surface area contributed by atoms with Crippen LogP contribution in [0.2, 0.25) is 0 Å². The van der Waals surface area contributed by atoms with Crippen LogP contribution in [0.25, 0.3) is 0 Å². The number of nitro groups is 1. The number of carbonyl (C=O) groups is 2. The van der Waals surface area contributed by atoms with Gasteiger partial charge >= 0.3 is 11.9 Å². The zero-order valence-electron chi connectivity index (χ0n) is 15.6. The summed E-state index contributed by atoms with van der Waals surface area (Å²) in [7, 11) is 1.21. The van der Waals surface area contributed by atoms with Crippen molar-refractivity contribution in [3.63, 3.8) is 0 Å². The van der Waals surface area contributed by atoms with E-state index < -0.39 is 22.8 Å². The maximum absolute atomic E-state index is 12.7. The molecule has 146 valence electrons. The third-order valence-corrected chi connectivity index (χ3v) is 4.25. The molecule has 9 nitrogen and oxygen atoms in total. The zero-order chi connectivity index (χ0) is 20.8. The Bertz CT molecular complexity index is 926. The summed E-state index contributed by atoms with van der Waals surface area (Å²) in [6, 6.07) is 7.58. The quantitative estimate of drug-likeness (QED) is 0.342. The molecule has 1 atom stereocenters. The van der Waals surface area contributed by atoms with E-state index in [0.29, 0.717) is 17.0 Å². The first-order chi connectivity index (χ1) is 13.3. The lowest BCUT2D eigenvalue weighted by atomic mass is 9.80. The highest BCUT2D eigenvalue weighted by Gasteiger charge is 2.38. The minimum absolute atomic E-state index is 0.0195. The molecule has 2 rings (SSSR count). The summed E-state index contributed by atoms with van der Waals surface area (Å²) in [5.41, 5.74) is 1.40. The number of hydrogen-bond donors (Lipinski definition) is 1. The van der Waals surface area contributed by atoms with Crippen LogP contribution in [0.5, 0.6) is 0 Å². The molecule has 1 N–H and O–H groups in total. The number of methoxy groups -OCH3 is 1. The number of nitriles is 1. The average Bonchev–Trinajstić information content (AvgIpc) is 2.67. The summed E-state index contributed by atoms with van der Waals surface area (Å²) in [6.45, 7) is 3.19. The van der Waals surface area contributed by atoms with E-state index in [2.05, 4.69) is 5.32 Å². The molecule has 0 aliphatic carbocycles. The molecule has 28 heavy (non-hydrogen) atoms. The molecule has 1 aliphatic rings.